The van der Waals surface area contributed by atoms with Crippen LogP contribution in [-0.2, 0) is 20.9 Å². The number of carbonyl (C=O) groups is 2. The highest BCUT2D eigenvalue weighted by atomic mass is 16.5. The van der Waals surface area contributed by atoms with Gasteiger partial charge in [0.05, 0.1) is 13.2 Å². The van der Waals surface area contributed by atoms with Gasteiger partial charge >= 0.3 is 5.97 Å². The second kappa shape index (κ2) is 15.3. The van der Waals surface area contributed by atoms with Crippen LogP contribution in [0, 0.1) is 6.92 Å². The van der Waals surface area contributed by atoms with Crippen molar-refractivity contribution in [2.75, 3.05) is 26.8 Å². The van der Waals surface area contributed by atoms with E-state index in [1.54, 1.807) is 13.1 Å². The number of carboxylic acid groups (broad SMARTS) is 1. The molecule has 3 aromatic rings. The molecule has 7 nitrogen and oxygen atoms in total. The molecule has 0 aliphatic heterocycles. The van der Waals surface area contributed by atoms with Crippen molar-refractivity contribution in [2.45, 2.75) is 58.8 Å². The monoisotopic (exact) mass is 546 g/mol. The number of nitrogens with one attached hydrogen (secondary N) is 2. The van der Waals surface area contributed by atoms with Gasteiger partial charge in [-0.3, -0.25) is 4.79 Å². The molecule has 0 fully saturated rings. The Hall–Kier alpha value is -3.52. The van der Waals surface area contributed by atoms with Gasteiger partial charge in [-0.1, -0.05) is 68.4 Å². The van der Waals surface area contributed by atoms with Gasteiger partial charge in [0.2, 0.25) is 0 Å². The first-order chi connectivity index (χ1) is 19.2. The lowest BCUT2D eigenvalue weighted by molar-refractivity contribution is -0.139. The van der Waals surface area contributed by atoms with Crippen LogP contribution in [0.4, 0.5) is 0 Å². The Morgan fingerprint density at radius 3 is 2.38 bits per heavy atom. The standard InChI is InChI=1S/C33H42N2O5/c1-6-39-21-31(26-12-9-11-25(19-26)22(2)3)40-20-24-14-15-28(29(18-24)27-13-8-7-10-23(27)4)32(36)35-30(33(37)38)16-17-34-5/h7-15,18-19,22,30-31,34H,6,16-17,20-21H2,1-5H3,(H,35,36)(H,37,38). The zero-order chi connectivity index (χ0) is 29.1. The lowest BCUT2D eigenvalue weighted by Gasteiger charge is -2.21. The van der Waals surface area contributed by atoms with Gasteiger partial charge in [0, 0.05) is 12.2 Å². The minimum Gasteiger partial charge on any atom is -0.480 e. The largest absolute Gasteiger partial charge is 0.480 e. The summed E-state index contributed by atoms with van der Waals surface area (Å²) in [4.78, 5) is 25.1. The van der Waals surface area contributed by atoms with E-state index in [-0.39, 0.29) is 12.5 Å². The number of amides is 1. The molecule has 0 radical (unpaired) electrons. The highest BCUT2D eigenvalue weighted by Gasteiger charge is 2.23. The molecule has 0 spiro atoms. The molecule has 3 rings (SSSR count). The second-order valence-corrected chi connectivity index (χ2v) is 10.2. The Balaban J connectivity index is 1.91. The second-order valence-electron chi connectivity index (χ2n) is 10.2. The number of benzene rings is 3. The zero-order valence-corrected chi connectivity index (χ0v) is 24.2. The van der Waals surface area contributed by atoms with Crippen LogP contribution in [0.1, 0.15) is 71.8 Å². The average molecular weight is 547 g/mol. The molecule has 0 aromatic heterocycles. The van der Waals surface area contributed by atoms with Crippen LogP contribution in [0.2, 0.25) is 0 Å². The zero-order valence-electron chi connectivity index (χ0n) is 24.2. The van der Waals surface area contributed by atoms with Crippen LogP contribution in [0.25, 0.3) is 11.1 Å². The summed E-state index contributed by atoms with van der Waals surface area (Å²) < 4.78 is 12.2. The number of ether oxygens (including phenoxy) is 2. The first-order valence-electron chi connectivity index (χ1n) is 13.9. The van der Waals surface area contributed by atoms with Crippen LogP contribution in [0.5, 0.6) is 0 Å². The van der Waals surface area contributed by atoms with Gasteiger partial charge in [0.25, 0.3) is 5.91 Å². The third-order valence-electron chi connectivity index (χ3n) is 6.92. The fourth-order valence-corrected chi connectivity index (χ4v) is 4.54. The van der Waals surface area contributed by atoms with Gasteiger partial charge in [-0.25, -0.2) is 4.79 Å². The van der Waals surface area contributed by atoms with Crippen LogP contribution in [-0.4, -0.2) is 49.8 Å². The summed E-state index contributed by atoms with van der Waals surface area (Å²) in [5, 5.41) is 15.3. The summed E-state index contributed by atoms with van der Waals surface area (Å²) in [6, 6.07) is 20.8. The van der Waals surface area contributed by atoms with Crippen molar-refractivity contribution < 1.29 is 24.2 Å². The van der Waals surface area contributed by atoms with Crippen molar-refractivity contribution in [1.29, 1.82) is 0 Å². The Labute approximate surface area is 237 Å². The number of rotatable bonds is 15. The van der Waals surface area contributed by atoms with Gasteiger partial charge < -0.3 is 25.2 Å². The van der Waals surface area contributed by atoms with E-state index in [4.69, 9.17) is 9.47 Å². The summed E-state index contributed by atoms with van der Waals surface area (Å²) in [6.45, 7) is 10.1. The summed E-state index contributed by atoms with van der Waals surface area (Å²) in [7, 11) is 1.75. The van der Waals surface area contributed by atoms with Crippen LogP contribution in [0.3, 0.4) is 0 Å². The molecule has 214 valence electrons. The first-order valence-corrected chi connectivity index (χ1v) is 13.9. The Morgan fingerprint density at radius 2 is 1.70 bits per heavy atom. The van der Waals surface area contributed by atoms with E-state index in [2.05, 4.69) is 48.7 Å². The van der Waals surface area contributed by atoms with Crippen molar-refractivity contribution in [3.05, 3.63) is 94.5 Å². The number of carbonyl (C=O) groups excluding carboxylic acids is 1. The molecule has 1 amide bonds. The fourth-order valence-electron chi connectivity index (χ4n) is 4.54. The molecular weight excluding hydrogens is 504 g/mol. The molecule has 40 heavy (non-hydrogen) atoms. The van der Waals surface area contributed by atoms with Gasteiger partial charge in [-0.2, -0.15) is 0 Å². The highest BCUT2D eigenvalue weighted by molar-refractivity contribution is 6.02. The maximum Gasteiger partial charge on any atom is 0.326 e. The summed E-state index contributed by atoms with van der Waals surface area (Å²) in [5.74, 6) is -1.08. The lowest BCUT2D eigenvalue weighted by atomic mass is 9.93. The molecule has 3 aromatic carbocycles. The van der Waals surface area contributed by atoms with Crippen molar-refractivity contribution in [2.24, 2.45) is 0 Å². The topological polar surface area (TPSA) is 96.9 Å². The van der Waals surface area contributed by atoms with Crippen molar-refractivity contribution >= 4 is 11.9 Å². The van der Waals surface area contributed by atoms with Crippen LogP contribution < -0.4 is 10.6 Å². The lowest BCUT2D eigenvalue weighted by Crippen LogP contribution is -2.42. The summed E-state index contributed by atoms with van der Waals surface area (Å²) >= 11 is 0. The predicted molar refractivity (Wildman–Crippen MR) is 159 cm³/mol. The third-order valence-corrected chi connectivity index (χ3v) is 6.92. The highest BCUT2D eigenvalue weighted by Crippen LogP contribution is 2.30. The van der Waals surface area contributed by atoms with Gasteiger partial charge in [-0.05, 0) is 85.3 Å². The Kier molecular flexibility index (Phi) is 11.9. The predicted octanol–water partition coefficient (Wildman–Crippen LogP) is 5.87. The van der Waals surface area contributed by atoms with E-state index >= 15 is 0 Å². The smallest absolute Gasteiger partial charge is 0.326 e. The third kappa shape index (κ3) is 8.49. The molecule has 0 aliphatic rings. The van der Waals surface area contributed by atoms with Gasteiger partial charge in [-0.15, -0.1) is 0 Å². The number of carboxylic acids is 1. The van der Waals surface area contributed by atoms with Crippen molar-refractivity contribution in [3.8, 4) is 11.1 Å². The Morgan fingerprint density at radius 1 is 0.950 bits per heavy atom. The van der Waals surface area contributed by atoms with E-state index in [0.717, 1.165) is 27.8 Å². The number of hydrogen-bond donors (Lipinski definition) is 3. The SMILES string of the molecule is CCOCC(OCc1ccc(C(=O)NC(CCNC)C(=O)O)c(-c2ccccc2C)c1)c1cccc(C(C)C)c1. The fraction of sp³-hybridized carbons (Fsp3) is 0.394. The molecule has 0 heterocycles. The number of aryl methyl sites for hydroxylation is 1. The number of aliphatic carboxylic acids is 1. The summed E-state index contributed by atoms with van der Waals surface area (Å²) in [6.07, 6.45) is 0.0367. The van der Waals surface area contributed by atoms with E-state index in [9.17, 15) is 14.7 Å². The van der Waals surface area contributed by atoms with Crippen LogP contribution in [0.15, 0.2) is 66.7 Å². The van der Waals surface area contributed by atoms with E-state index in [0.29, 0.717) is 37.8 Å². The molecule has 0 saturated carbocycles. The average Bonchev–Trinajstić information content (AvgIpc) is 2.95. The van der Waals surface area contributed by atoms with E-state index < -0.39 is 17.9 Å². The van der Waals surface area contributed by atoms with Gasteiger partial charge in [0.15, 0.2) is 0 Å². The molecule has 2 unspecified atom stereocenters. The molecule has 0 saturated heterocycles. The van der Waals surface area contributed by atoms with E-state index in [1.807, 2.05) is 50.2 Å². The molecule has 7 heteroatoms. The minimum absolute atomic E-state index is 0.243. The maximum absolute atomic E-state index is 13.4. The van der Waals surface area contributed by atoms with Gasteiger partial charge in [0.1, 0.15) is 12.1 Å². The minimum atomic E-state index is -1.06. The van der Waals surface area contributed by atoms with E-state index in [1.165, 1.54) is 5.56 Å². The molecule has 0 aliphatic carbocycles. The summed E-state index contributed by atoms with van der Waals surface area (Å²) in [5.41, 5.74) is 6.29. The Bertz CT molecular complexity index is 1270. The quantitative estimate of drug-likeness (QED) is 0.221. The molecule has 3 N–H and O–H groups in total. The first kappa shape index (κ1) is 31.0. The molecule has 2 atom stereocenters. The molecule has 0 bridgehead atoms. The maximum atomic E-state index is 13.4. The number of hydrogen-bond acceptors (Lipinski definition) is 5. The normalized spacial score (nSPS) is 12.8. The van der Waals surface area contributed by atoms with Crippen molar-refractivity contribution in [3.63, 3.8) is 0 Å². The van der Waals surface area contributed by atoms with Crippen LogP contribution >= 0.6 is 0 Å². The van der Waals surface area contributed by atoms with Crippen molar-refractivity contribution in [1.82, 2.24) is 10.6 Å². The molecular formula is C33H42N2O5.